The molecule has 0 bridgehead atoms. The molecule has 0 N–H and O–H groups in total. The lowest BCUT2D eigenvalue weighted by Gasteiger charge is -2.42. The first-order valence-electron chi connectivity index (χ1n) is 11.9. The summed E-state index contributed by atoms with van der Waals surface area (Å²) in [6.07, 6.45) is 6.12. The van der Waals surface area contributed by atoms with Crippen LogP contribution in [0.3, 0.4) is 0 Å². The molecule has 0 radical (unpaired) electrons. The number of fused-ring (bicyclic) bond motifs is 6. The molecule has 166 valence electrons. The first kappa shape index (κ1) is 20.4. The molecule has 0 fully saturated rings. The highest BCUT2D eigenvalue weighted by Crippen LogP contribution is 2.49. The third kappa shape index (κ3) is 2.88. The summed E-state index contributed by atoms with van der Waals surface area (Å²) in [7, 11) is 2.04. The molecule has 0 amide bonds. The summed E-state index contributed by atoms with van der Waals surface area (Å²) in [5.41, 5.74) is 8.70. The maximum Gasteiger partial charge on any atom is 0.286 e. The predicted molar refractivity (Wildman–Crippen MR) is 136 cm³/mol. The first-order chi connectivity index (χ1) is 15.7. The Balaban J connectivity index is 1.72. The summed E-state index contributed by atoms with van der Waals surface area (Å²) in [6, 6.07) is 15.8. The molecule has 2 heterocycles. The van der Waals surface area contributed by atoms with Crippen LogP contribution in [-0.2, 0) is 17.9 Å². The fourth-order valence-corrected chi connectivity index (χ4v) is 5.94. The van der Waals surface area contributed by atoms with E-state index < -0.39 is 0 Å². The van der Waals surface area contributed by atoms with Crippen molar-refractivity contribution in [3.8, 4) is 11.3 Å². The van der Waals surface area contributed by atoms with Crippen LogP contribution in [0.25, 0.3) is 44.0 Å². The Hall–Kier alpha value is -3.20. The Morgan fingerprint density at radius 3 is 2.45 bits per heavy atom. The Morgan fingerprint density at radius 1 is 0.879 bits per heavy atom. The minimum absolute atomic E-state index is 0.149. The lowest BCUT2D eigenvalue weighted by atomic mass is 9.62. The van der Waals surface area contributed by atoms with Crippen molar-refractivity contribution in [3.05, 3.63) is 71.7 Å². The van der Waals surface area contributed by atoms with Crippen molar-refractivity contribution < 1.29 is 8.98 Å². The topological polar surface area (TPSA) is 29.9 Å². The molecule has 3 nitrogen and oxygen atoms in total. The maximum atomic E-state index is 6.66. The second-order valence-electron chi connectivity index (χ2n) is 11.1. The molecule has 1 aliphatic carbocycles. The zero-order valence-corrected chi connectivity index (χ0v) is 20.4. The van der Waals surface area contributed by atoms with E-state index in [4.69, 9.17) is 4.42 Å². The van der Waals surface area contributed by atoms with E-state index in [-0.39, 0.29) is 10.8 Å². The molecule has 0 saturated carbocycles. The third-order valence-corrected chi connectivity index (χ3v) is 7.96. The van der Waals surface area contributed by atoms with Gasteiger partial charge in [-0.15, -0.1) is 0 Å². The fraction of sp³-hybridized carbons (Fsp3) is 0.333. The second-order valence-corrected chi connectivity index (χ2v) is 11.1. The zero-order valence-electron chi connectivity index (χ0n) is 20.4. The van der Waals surface area contributed by atoms with Gasteiger partial charge in [0.2, 0.25) is 0 Å². The van der Waals surface area contributed by atoms with Gasteiger partial charge in [-0.05, 0) is 70.2 Å². The van der Waals surface area contributed by atoms with Crippen LogP contribution in [0.15, 0.2) is 59.4 Å². The molecule has 0 unspecified atom stereocenters. The van der Waals surface area contributed by atoms with Crippen molar-refractivity contribution in [1.82, 2.24) is 4.98 Å². The predicted octanol–water partition coefficient (Wildman–Crippen LogP) is 7.28. The van der Waals surface area contributed by atoms with Crippen molar-refractivity contribution in [2.24, 2.45) is 7.05 Å². The van der Waals surface area contributed by atoms with Gasteiger partial charge in [0.15, 0.2) is 0 Å². The van der Waals surface area contributed by atoms with Gasteiger partial charge in [0, 0.05) is 16.8 Å². The summed E-state index contributed by atoms with van der Waals surface area (Å²) in [5, 5.41) is 4.99. The number of aromatic nitrogens is 2. The molecule has 3 heteroatoms. The van der Waals surface area contributed by atoms with Gasteiger partial charge in [-0.2, -0.15) is 0 Å². The highest BCUT2D eigenvalue weighted by Gasteiger charge is 2.38. The zero-order chi connectivity index (χ0) is 23.1. The highest BCUT2D eigenvalue weighted by atomic mass is 16.3. The first-order valence-corrected chi connectivity index (χ1v) is 11.9. The molecule has 33 heavy (non-hydrogen) atoms. The van der Waals surface area contributed by atoms with E-state index in [9.17, 15) is 0 Å². The van der Waals surface area contributed by atoms with Gasteiger partial charge in [0.1, 0.15) is 23.1 Å². The van der Waals surface area contributed by atoms with Crippen molar-refractivity contribution in [2.75, 3.05) is 0 Å². The van der Waals surface area contributed by atoms with E-state index in [1.54, 1.807) is 0 Å². The monoisotopic (exact) mass is 435 g/mol. The van der Waals surface area contributed by atoms with Crippen LogP contribution < -0.4 is 4.57 Å². The molecule has 2 aromatic heterocycles. The smallest absolute Gasteiger partial charge is 0.286 e. The highest BCUT2D eigenvalue weighted by molar-refractivity contribution is 6.13. The van der Waals surface area contributed by atoms with Crippen molar-refractivity contribution in [1.29, 1.82) is 0 Å². The number of hydrogen-bond donors (Lipinski definition) is 0. The van der Waals surface area contributed by atoms with Gasteiger partial charge < -0.3 is 4.42 Å². The summed E-state index contributed by atoms with van der Waals surface area (Å²) in [6.45, 7) is 11.7. The quantitative estimate of drug-likeness (QED) is 0.259. The van der Waals surface area contributed by atoms with Crippen molar-refractivity contribution >= 4 is 32.7 Å². The SMILES string of the molecule is Cc1ccc2c(oc3cc4c5c(ccc4cc32)C(C)(C)CCC5(C)C)c1-c1ccnc[n+]1C. The van der Waals surface area contributed by atoms with Gasteiger partial charge in [-0.3, -0.25) is 0 Å². The van der Waals surface area contributed by atoms with Crippen LogP contribution in [-0.4, -0.2) is 4.98 Å². The van der Waals surface area contributed by atoms with Gasteiger partial charge >= 0.3 is 0 Å². The molecular weight excluding hydrogens is 404 g/mol. The van der Waals surface area contributed by atoms with Crippen LogP contribution in [0.1, 0.15) is 57.2 Å². The van der Waals surface area contributed by atoms with Crippen LogP contribution in [0, 0.1) is 6.92 Å². The Morgan fingerprint density at radius 2 is 1.67 bits per heavy atom. The second kappa shape index (κ2) is 6.66. The van der Waals surface area contributed by atoms with Crippen LogP contribution in [0.5, 0.6) is 0 Å². The minimum Gasteiger partial charge on any atom is -0.455 e. The average molecular weight is 436 g/mol. The molecule has 5 aromatic rings. The van der Waals surface area contributed by atoms with Crippen molar-refractivity contribution in [2.45, 2.75) is 58.3 Å². The molecule has 0 aliphatic heterocycles. The average Bonchev–Trinajstić information content (AvgIpc) is 3.13. The van der Waals surface area contributed by atoms with Crippen molar-refractivity contribution in [3.63, 3.8) is 0 Å². The largest absolute Gasteiger partial charge is 0.455 e. The summed E-state index contributed by atoms with van der Waals surface area (Å²) >= 11 is 0. The number of rotatable bonds is 1. The molecule has 6 rings (SSSR count). The Bertz CT molecular complexity index is 1590. The summed E-state index contributed by atoms with van der Waals surface area (Å²) in [4.78, 5) is 4.26. The molecule has 0 spiro atoms. The number of benzene rings is 3. The minimum atomic E-state index is 0.149. The molecule has 0 saturated heterocycles. The van der Waals surface area contributed by atoms with E-state index in [2.05, 4.69) is 86.6 Å². The summed E-state index contributed by atoms with van der Waals surface area (Å²) < 4.78 is 8.72. The number of aryl methyl sites for hydroxylation is 2. The van der Waals surface area contributed by atoms with Crippen LogP contribution in [0.4, 0.5) is 0 Å². The Labute approximate surface area is 195 Å². The maximum absolute atomic E-state index is 6.66. The molecule has 1 aliphatic rings. The molecule has 3 aromatic carbocycles. The lowest BCUT2D eigenvalue weighted by Crippen LogP contribution is -2.34. The lowest BCUT2D eigenvalue weighted by molar-refractivity contribution is -0.663. The Kier molecular flexibility index (Phi) is 4.12. The number of nitrogens with zero attached hydrogens (tertiary/aromatic N) is 2. The van der Waals surface area contributed by atoms with E-state index in [1.807, 2.05) is 19.6 Å². The van der Waals surface area contributed by atoms with Gasteiger partial charge in [0.05, 0.1) is 12.6 Å². The number of hydrogen-bond acceptors (Lipinski definition) is 2. The normalized spacial score (nSPS) is 17.0. The van der Waals surface area contributed by atoms with Crippen LogP contribution >= 0.6 is 0 Å². The van der Waals surface area contributed by atoms with E-state index >= 15 is 0 Å². The van der Waals surface area contributed by atoms with E-state index in [0.29, 0.717) is 0 Å². The van der Waals surface area contributed by atoms with Gasteiger partial charge in [-0.1, -0.05) is 56.9 Å². The standard InChI is InChI=1S/C30H31N2O/c1-18-7-9-20-22-15-19-8-10-23-27(30(4,5)13-12-29(23,2)3)21(19)16-25(22)33-28(20)26(18)24-11-14-31-17-32(24)6/h7-11,14-17H,12-13H2,1-6H3/q+1. The molecule has 0 atom stereocenters. The van der Waals surface area contributed by atoms with Crippen LogP contribution in [0.2, 0.25) is 0 Å². The summed E-state index contributed by atoms with van der Waals surface area (Å²) in [5.74, 6) is 0. The van der Waals surface area contributed by atoms with E-state index in [1.165, 1.54) is 51.1 Å². The van der Waals surface area contributed by atoms with E-state index in [0.717, 1.165) is 22.4 Å². The number of furan rings is 1. The van der Waals surface area contributed by atoms with Gasteiger partial charge in [0.25, 0.3) is 6.33 Å². The fourth-order valence-electron chi connectivity index (χ4n) is 5.94. The van der Waals surface area contributed by atoms with Gasteiger partial charge in [-0.25, -0.2) is 4.57 Å². The molecular formula is C30H31N2O+. The third-order valence-electron chi connectivity index (χ3n) is 7.96.